The van der Waals surface area contributed by atoms with Crippen molar-refractivity contribution in [2.45, 2.75) is 13.5 Å². The predicted octanol–water partition coefficient (Wildman–Crippen LogP) is 4.37. The average molecular weight is 433 g/mol. The van der Waals surface area contributed by atoms with Crippen molar-refractivity contribution in [3.05, 3.63) is 83.4 Å². The Labute approximate surface area is 183 Å². The highest BCUT2D eigenvalue weighted by Crippen LogP contribution is 2.22. The highest BCUT2D eigenvalue weighted by Gasteiger charge is 2.16. The van der Waals surface area contributed by atoms with Crippen molar-refractivity contribution >= 4 is 40.3 Å². The summed E-state index contributed by atoms with van der Waals surface area (Å²) in [6.45, 7) is 1.89. The number of hydrogen-bond donors (Lipinski definition) is 1. The molecule has 4 rings (SSSR count). The largest absolute Gasteiger partial charge is 0.488 e. The van der Waals surface area contributed by atoms with Crippen LogP contribution in [-0.2, 0) is 16.1 Å². The monoisotopic (exact) mass is 433 g/mol. The normalized spacial score (nSPS) is 10.6. The van der Waals surface area contributed by atoms with E-state index < -0.39 is 18.5 Å². The summed E-state index contributed by atoms with van der Waals surface area (Å²) in [6, 6.07) is 20.0. The van der Waals surface area contributed by atoms with E-state index in [4.69, 9.17) is 9.47 Å². The summed E-state index contributed by atoms with van der Waals surface area (Å²) < 4.78 is 19.3. The Bertz CT molecular complexity index is 1240. The Kier molecular flexibility index (Phi) is 6.18. The van der Waals surface area contributed by atoms with Crippen LogP contribution in [0.5, 0.6) is 5.75 Å². The first-order valence-corrected chi connectivity index (χ1v) is 10.3. The van der Waals surface area contributed by atoms with Crippen LogP contribution in [0.1, 0.15) is 21.5 Å². The molecule has 1 amide bonds. The zero-order valence-electron chi connectivity index (χ0n) is 16.7. The third-order valence-corrected chi connectivity index (χ3v) is 5.02. The highest BCUT2D eigenvalue weighted by molar-refractivity contribution is 7.00. The van der Waals surface area contributed by atoms with Gasteiger partial charge in [-0.25, -0.2) is 4.79 Å². The van der Waals surface area contributed by atoms with Gasteiger partial charge in [0.15, 0.2) is 6.61 Å². The van der Waals surface area contributed by atoms with E-state index in [0.29, 0.717) is 29.1 Å². The number of benzene rings is 3. The molecular formula is C23H19N3O4S. The van der Waals surface area contributed by atoms with Crippen LogP contribution >= 0.6 is 11.7 Å². The van der Waals surface area contributed by atoms with Crippen LogP contribution in [0, 0.1) is 6.92 Å². The molecule has 1 aromatic heterocycles. The molecule has 0 spiro atoms. The fourth-order valence-electron chi connectivity index (χ4n) is 3.03. The van der Waals surface area contributed by atoms with Crippen LogP contribution in [0.2, 0.25) is 0 Å². The molecule has 7 nitrogen and oxygen atoms in total. The van der Waals surface area contributed by atoms with Gasteiger partial charge >= 0.3 is 5.97 Å². The van der Waals surface area contributed by atoms with E-state index in [2.05, 4.69) is 14.1 Å². The Morgan fingerprint density at radius 3 is 2.71 bits per heavy atom. The number of carbonyl (C=O) groups is 2. The Balaban J connectivity index is 1.37. The second-order valence-electron chi connectivity index (χ2n) is 6.84. The molecule has 0 fully saturated rings. The molecule has 0 unspecified atom stereocenters. The molecule has 1 N–H and O–H groups in total. The van der Waals surface area contributed by atoms with Crippen LogP contribution in [0.4, 0.5) is 5.69 Å². The molecule has 0 atom stereocenters. The van der Waals surface area contributed by atoms with E-state index in [1.165, 1.54) is 0 Å². The summed E-state index contributed by atoms with van der Waals surface area (Å²) in [5.41, 5.74) is 4.20. The van der Waals surface area contributed by atoms with E-state index in [1.54, 1.807) is 36.4 Å². The van der Waals surface area contributed by atoms with Crippen molar-refractivity contribution in [3.63, 3.8) is 0 Å². The van der Waals surface area contributed by atoms with Crippen molar-refractivity contribution in [2.24, 2.45) is 0 Å². The first kappa shape index (κ1) is 20.5. The predicted molar refractivity (Wildman–Crippen MR) is 118 cm³/mol. The van der Waals surface area contributed by atoms with E-state index in [-0.39, 0.29) is 5.56 Å². The summed E-state index contributed by atoms with van der Waals surface area (Å²) in [7, 11) is 0. The number of carbonyl (C=O) groups excluding carboxylic acids is 2. The van der Waals surface area contributed by atoms with E-state index in [0.717, 1.165) is 22.9 Å². The Hall–Kier alpha value is -3.78. The number of nitrogens with zero attached hydrogens (tertiary/aromatic N) is 2. The number of aromatic nitrogens is 2. The minimum Gasteiger partial charge on any atom is -0.488 e. The van der Waals surface area contributed by atoms with E-state index >= 15 is 0 Å². The lowest BCUT2D eigenvalue weighted by molar-refractivity contribution is -0.119. The van der Waals surface area contributed by atoms with Crippen molar-refractivity contribution in [2.75, 3.05) is 11.9 Å². The molecule has 4 aromatic rings. The van der Waals surface area contributed by atoms with Gasteiger partial charge in [-0.3, -0.25) is 4.79 Å². The Morgan fingerprint density at radius 1 is 1.00 bits per heavy atom. The number of amides is 1. The van der Waals surface area contributed by atoms with Gasteiger partial charge in [0.25, 0.3) is 5.91 Å². The Morgan fingerprint density at radius 2 is 1.84 bits per heavy atom. The number of hydrogen-bond acceptors (Lipinski definition) is 7. The molecule has 0 bridgehead atoms. The summed E-state index contributed by atoms with van der Waals surface area (Å²) in [5, 5.41) is 2.70. The lowest BCUT2D eigenvalue weighted by atomic mass is 10.1. The number of fused-ring (bicyclic) bond motifs is 1. The average Bonchev–Trinajstić information content (AvgIpc) is 3.26. The van der Waals surface area contributed by atoms with Crippen molar-refractivity contribution in [1.29, 1.82) is 0 Å². The molecule has 0 aliphatic heterocycles. The van der Waals surface area contributed by atoms with E-state index in [1.807, 2.05) is 37.3 Å². The summed E-state index contributed by atoms with van der Waals surface area (Å²) in [6.07, 6.45) is 0. The van der Waals surface area contributed by atoms with Gasteiger partial charge in [-0.2, -0.15) is 8.75 Å². The lowest BCUT2D eigenvalue weighted by Gasteiger charge is -2.12. The summed E-state index contributed by atoms with van der Waals surface area (Å²) >= 11 is 1.06. The van der Waals surface area contributed by atoms with Crippen molar-refractivity contribution in [3.8, 4) is 5.75 Å². The summed E-state index contributed by atoms with van der Waals surface area (Å²) in [5.74, 6) is -0.705. The maximum absolute atomic E-state index is 12.6. The van der Waals surface area contributed by atoms with Crippen LogP contribution in [0.3, 0.4) is 0 Å². The molecule has 0 aliphatic carbocycles. The van der Waals surface area contributed by atoms with Gasteiger partial charge in [-0.05, 0) is 36.8 Å². The third-order valence-electron chi connectivity index (χ3n) is 4.48. The zero-order valence-corrected chi connectivity index (χ0v) is 17.5. The molecule has 156 valence electrons. The molecule has 0 saturated heterocycles. The fraction of sp³-hybridized carbons (Fsp3) is 0.130. The smallest absolute Gasteiger partial charge is 0.342 e. The number of rotatable bonds is 7. The molecule has 31 heavy (non-hydrogen) atoms. The van der Waals surface area contributed by atoms with Crippen molar-refractivity contribution < 1.29 is 19.1 Å². The molecule has 1 heterocycles. The fourth-order valence-corrected chi connectivity index (χ4v) is 3.58. The number of nitrogens with one attached hydrogen (secondary N) is 1. The molecule has 3 aromatic carbocycles. The standard InChI is InChI=1S/C23H19N3O4S/c1-15-6-4-7-16(12-15)13-29-20-11-3-2-8-17(20)23(28)30-14-21(27)24-18-9-5-10-19-22(18)26-31-25-19/h2-12H,13-14H2,1H3,(H,24,27). The van der Waals surface area contributed by atoms with Crippen LogP contribution < -0.4 is 10.1 Å². The maximum atomic E-state index is 12.6. The topological polar surface area (TPSA) is 90.4 Å². The number of anilines is 1. The molecule has 8 heteroatoms. The molecular weight excluding hydrogens is 414 g/mol. The number of esters is 1. The number of para-hydroxylation sites is 1. The summed E-state index contributed by atoms with van der Waals surface area (Å²) in [4.78, 5) is 24.8. The van der Waals surface area contributed by atoms with Gasteiger partial charge in [0, 0.05) is 0 Å². The second-order valence-corrected chi connectivity index (χ2v) is 7.36. The van der Waals surface area contributed by atoms with Gasteiger partial charge < -0.3 is 14.8 Å². The first-order chi connectivity index (χ1) is 15.1. The van der Waals surface area contributed by atoms with Crippen LogP contribution in [0.25, 0.3) is 11.0 Å². The molecule has 0 radical (unpaired) electrons. The van der Waals surface area contributed by atoms with Crippen molar-refractivity contribution in [1.82, 2.24) is 8.75 Å². The van der Waals surface area contributed by atoms with Gasteiger partial charge in [-0.15, -0.1) is 0 Å². The third kappa shape index (κ3) is 5.04. The molecule has 0 aliphatic rings. The SMILES string of the molecule is Cc1cccc(COc2ccccc2C(=O)OCC(=O)Nc2cccc3nsnc23)c1. The maximum Gasteiger partial charge on any atom is 0.342 e. The minimum absolute atomic E-state index is 0.258. The van der Waals surface area contributed by atoms with Gasteiger partial charge in [0.05, 0.1) is 17.4 Å². The molecule has 0 saturated carbocycles. The van der Waals surface area contributed by atoms with Crippen LogP contribution in [0.15, 0.2) is 66.7 Å². The minimum atomic E-state index is -0.636. The first-order valence-electron chi connectivity index (χ1n) is 9.56. The van der Waals surface area contributed by atoms with Crippen LogP contribution in [-0.4, -0.2) is 27.2 Å². The van der Waals surface area contributed by atoms with Gasteiger partial charge in [-0.1, -0.05) is 48.0 Å². The van der Waals surface area contributed by atoms with Gasteiger partial charge in [0.1, 0.15) is 29.0 Å². The lowest BCUT2D eigenvalue weighted by Crippen LogP contribution is -2.21. The van der Waals surface area contributed by atoms with E-state index in [9.17, 15) is 9.59 Å². The number of ether oxygens (including phenoxy) is 2. The second kappa shape index (κ2) is 9.36. The number of aryl methyl sites for hydroxylation is 1. The quantitative estimate of drug-likeness (QED) is 0.435. The zero-order chi connectivity index (χ0) is 21.6. The van der Waals surface area contributed by atoms with Gasteiger partial charge in [0.2, 0.25) is 0 Å². The highest BCUT2D eigenvalue weighted by atomic mass is 32.1.